The normalized spacial score (nSPS) is 12.0. The van der Waals surface area contributed by atoms with Crippen LogP contribution in [0.1, 0.15) is 20.9 Å². The lowest BCUT2D eigenvalue weighted by Crippen LogP contribution is -2.29. The van der Waals surface area contributed by atoms with Crippen molar-refractivity contribution in [1.29, 1.82) is 0 Å². The van der Waals surface area contributed by atoms with Crippen molar-refractivity contribution in [2.75, 3.05) is 13.9 Å². The number of nitrogens with zero attached hydrogens (tertiary/aromatic N) is 2. The number of fused-ring (bicyclic) bond motifs is 1. The van der Waals surface area contributed by atoms with E-state index in [-0.39, 0.29) is 12.7 Å². The largest absolute Gasteiger partial charge is 0.496 e. The van der Waals surface area contributed by atoms with Crippen molar-refractivity contribution in [3.63, 3.8) is 0 Å². The number of methoxy groups -OCH3 is 1. The lowest BCUT2D eigenvalue weighted by molar-refractivity contribution is 0.0731. The smallest absolute Gasteiger partial charge is 0.264 e. The van der Waals surface area contributed by atoms with E-state index in [1.807, 2.05) is 66.0 Å². The highest BCUT2D eigenvalue weighted by atomic mass is 32.1. The van der Waals surface area contributed by atoms with Crippen LogP contribution in [0.3, 0.4) is 0 Å². The number of carbonyl (C=O) groups is 1. The van der Waals surface area contributed by atoms with Gasteiger partial charge in [-0.3, -0.25) is 4.79 Å². The van der Waals surface area contributed by atoms with Gasteiger partial charge < -0.3 is 23.6 Å². The summed E-state index contributed by atoms with van der Waals surface area (Å²) in [4.78, 5) is 15.6. The van der Waals surface area contributed by atoms with Crippen LogP contribution in [0.5, 0.6) is 17.2 Å². The Labute approximate surface area is 188 Å². The highest BCUT2D eigenvalue weighted by molar-refractivity contribution is 7.12. The van der Waals surface area contributed by atoms with Crippen LogP contribution in [0.25, 0.3) is 11.3 Å². The van der Waals surface area contributed by atoms with E-state index in [1.54, 1.807) is 12.0 Å². The monoisotopic (exact) mass is 448 g/mol. The molecule has 0 spiro atoms. The Kier molecular flexibility index (Phi) is 5.51. The number of thiophene rings is 1. The number of para-hydroxylation sites is 1. The molecule has 1 aliphatic heterocycles. The van der Waals surface area contributed by atoms with Crippen LogP contribution >= 0.6 is 11.3 Å². The molecule has 0 unspecified atom stereocenters. The third-order valence-corrected chi connectivity index (χ3v) is 5.97. The van der Waals surface area contributed by atoms with Crippen molar-refractivity contribution in [3.8, 4) is 28.6 Å². The van der Waals surface area contributed by atoms with Crippen LogP contribution < -0.4 is 14.2 Å². The number of amides is 1. The Hall–Kier alpha value is -3.78. The number of hydrogen-bond donors (Lipinski definition) is 0. The third-order valence-electron chi connectivity index (χ3n) is 5.11. The molecular weight excluding hydrogens is 428 g/mol. The molecule has 5 rings (SSSR count). The zero-order chi connectivity index (χ0) is 21.9. The number of ether oxygens (including phenoxy) is 3. The summed E-state index contributed by atoms with van der Waals surface area (Å²) < 4.78 is 21.9. The van der Waals surface area contributed by atoms with Gasteiger partial charge in [-0.25, -0.2) is 0 Å². The molecule has 3 heterocycles. The first kappa shape index (κ1) is 20.1. The standard InChI is InChI=1S/C24H20N2O5S/c1-28-19-6-3-2-5-18(19)21-12-17(25-31-21)14-26(24(27)23-7-4-10-32-23)13-16-8-9-20-22(11-16)30-15-29-20/h2-12H,13-15H2,1H3. The quantitative estimate of drug-likeness (QED) is 0.397. The van der Waals surface area contributed by atoms with E-state index in [2.05, 4.69) is 5.16 Å². The molecule has 1 aliphatic rings. The van der Waals surface area contributed by atoms with Crippen molar-refractivity contribution in [2.45, 2.75) is 13.1 Å². The Bertz CT molecular complexity index is 1230. The molecule has 0 radical (unpaired) electrons. The molecule has 162 valence electrons. The second-order valence-corrected chi connectivity index (χ2v) is 8.16. The zero-order valence-corrected chi connectivity index (χ0v) is 18.1. The molecule has 0 saturated carbocycles. The molecular formula is C24H20N2O5S. The van der Waals surface area contributed by atoms with E-state index in [1.165, 1.54) is 11.3 Å². The van der Waals surface area contributed by atoms with E-state index in [0.29, 0.717) is 46.7 Å². The van der Waals surface area contributed by atoms with E-state index < -0.39 is 0 Å². The molecule has 4 aromatic rings. The number of hydrogen-bond acceptors (Lipinski definition) is 7. The zero-order valence-electron chi connectivity index (χ0n) is 17.3. The molecule has 0 bridgehead atoms. The molecule has 0 saturated heterocycles. The van der Waals surface area contributed by atoms with Crippen LogP contribution in [0.4, 0.5) is 0 Å². The average Bonchev–Trinajstić information content (AvgIpc) is 3.60. The van der Waals surface area contributed by atoms with E-state index >= 15 is 0 Å². The minimum Gasteiger partial charge on any atom is -0.496 e. The van der Waals surface area contributed by atoms with Crippen molar-refractivity contribution in [1.82, 2.24) is 10.1 Å². The van der Waals surface area contributed by atoms with Crippen molar-refractivity contribution >= 4 is 17.2 Å². The van der Waals surface area contributed by atoms with Crippen LogP contribution in [0.2, 0.25) is 0 Å². The van der Waals surface area contributed by atoms with Gasteiger partial charge in [0.05, 0.1) is 24.1 Å². The topological polar surface area (TPSA) is 74.0 Å². The summed E-state index contributed by atoms with van der Waals surface area (Å²) in [6.45, 7) is 0.898. The second kappa shape index (κ2) is 8.76. The molecule has 8 heteroatoms. The van der Waals surface area contributed by atoms with E-state index in [4.69, 9.17) is 18.7 Å². The average molecular weight is 449 g/mol. The number of carbonyl (C=O) groups excluding carboxylic acids is 1. The summed E-state index contributed by atoms with van der Waals surface area (Å²) in [5.41, 5.74) is 2.39. The van der Waals surface area contributed by atoms with Crippen LogP contribution in [0, 0.1) is 0 Å². The van der Waals surface area contributed by atoms with Gasteiger partial charge in [-0.1, -0.05) is 29.4 Å². The number of rotatable bonds is 7. The third kappa shape index (κ3) is 4.04. The minimum absolute atomic E-state index is 0.0699. The first-order valence-corrected chi connectivity index (χ1v) is 10.9. The molecule has 0 fully saturated rings. The fraction of sp³-hybridized carbons (Fsp3) is 0.167. The molecule has 2 aromatic heterocycles. The summed E-state index contributed by atoms with van der Waals surface area (Å²) in [6.07, 6.45) is 0. The van der Waals surface area contributed by atoms with Crippen molar-refractivity contribution in [3.05, 3.63) is 82.2 Å². The van der Waals surface area contributed by atoms with Gasteiger partial charge in [0.25, 0.3) is 5.91 Å². The second-order valence-electron chi connectivity index (χ2n) is 7.21. The van der Waals surface area contributed by atoms with Crippen molar-refractivity contribution in [2.24, 2.45) is 0 Å². The number of benzene rings is 2. The Balaban J connectivity index is 1.41. The van der Waals surface area contributed by atoms with Gasteiger partial charge in [-0.15, -0.1) is 11.3 Å². The van der Waals surface area contributed by atoms with Crippen LogP contribution in [-0.2, 0) is 13.1 Å². The van der Waals surface area contributed by atoms with Gasteiger partial charge in [0.2, 0.25) is 6.79 Å². The number of aromatic nitrogens is 1. The summed E-state index contributed by atoms with van der Waals surface area (Å²) in [5, 5.41) is 6.10. The highest BCUT2D eigenvalue weighted by Gasteiger charge is 2.22. The Morgan fingerprint density at radius 2 is 1.94 bits per heavy atom. The molecule has 0 atom stereocenters. The summed E-state index contributed by atoms with van der Waals surface area (Å²) in [5.74, 6) is 2.61. The fourth-order valence-electron chi connectivity index (χ4n) is 3.57. The summed E-state index contributed by atoms with van der Waals surface area (Å²) in [6, 6.07) is 18.8. The maximum absolute atomic E-state index is 13.2. The fourth-order valence-corrected chi connectivity index (χ4v) is 4.26. The van der Waals surface area contributed by atoms with Crippen LogP contribution in [-0.4, -0.2) is 29.9 Å². The summed E-state index contributed by atoms with van der Waals surface area (Å²) in [7, 11) is 1.61. The van der Waals surface area contributed by atoms with Gasteiger partial charge in [0.1, 0.15) is 11.4 Å². The molecule has 0 N–H and O–H groups in total. The Morgan fingerprint density at radius 3 is 2.78 bits per heavy atom. The van der Waals surface area contributed by atoms with Crippen LogP contribution in [0.15, 0.2) is 70.6 Å². The van der Waals surface area contributed by atoms with Crippen molar-refractivity contribution < 1.29 is 23.5 Å². The molecule has 0 aliphatic carbocycles. The van der Waals surface area contributed by atoms with Gasteiger partial charge in [-0.2, -0.15) is 0 Å². The Morgan fingerprint density at radius 1 is 1.06 bits per heavy atom. The van der Waals surface area contributed by atoms with E-state index in [0.717, 1.165) is 11.1 Å². The van der Waals surface area contributed by atoms with Gasteiger partial charge in [-0.05, 0) is 41.3 Å². The lowest BCUT2D eigenvalue weighted by atomic mass is 10.1. The van der Waals surface area contributed by atoms with E-state index in [9.17, 15) is 4.79 Å². The first-order chi connectivity index (χ1) is 15.7. The predicted molar refractivity (Wildman–Crippen MR) is 119 cm³/mol. The predicted octanol–water partition coefficient (Wildman–Crippen LogP) is 4.98. The SMILES string of the molecule is COc1ccccc1-c1cc(CN(Cc2ccc3c(c2)OCO3)C(=O)c2cccs2)no1. The summed E-state index contributed by atoms with van der Waals surface area (Å²) >= 11 is 1.41. The van der Waals surface area contributed by atoms with Gasteiger partial charge >= 0.3 is 0 Å². The van der Waals surface area contributed by atoms with Gasteiger partial charge in [0.15, 0.2) is 17.3 Å². The maximum atomic E-state index is 13.2. The van der Waals surface area contributed by atoms with Gasteiger partial charge in [0, 0.05) is 12.6 Å². The lowest BCUT2D eigenvalue weighted by Gasteiger charge is -2.21. The molecule has 1 amide bonds. The highest BCUT2D eigenvalue weighted by Crippen LogP contribution is 2.34. The molecule has 7 nitrogen and oxygen atoms in total. The molecule has 32 heavy (non-hydrogen) atoms. The first-order valence-electron chi connectivity index (χ1n) is 10.0. The maximum Gasteiger partial charge on any atom is 0.264 e. The molecule has 2 aromatic carbocycles. The minimum atomic E-state index is -0.0699.